The van der Waals surface area contributed by atoms with Crippen LogP contribution in [0.1, 0.15) is 11.1 Å². The Bertz CT molecular complexity index is 1110. The average molecular weight is 520 g/mol. The normalized spacial score (nSPS) is 14.2. The molecule has 3 rings (SSSR count). The van der Waals surface area contributed by atoms with Gasteiger partial charge in [-0.25, -0.2) is 18.7 Å². The SMILES string of the molecule is COc1cc(OC)c(CF)c(COc2cnc(N/C(C=N)=C/NCC(=O)N3CCN(C)CC3)nc2)c1F. The highest BCUT2D eigenvalue weighted by Crippen LogP contribution is 2.34. The van der Waals surface area contributed by atoms with Gasteiger partial charge in [0.2, 0.25) is 11.9 Å². The lowest BCUT2D eigenvalue weighted by Gasteiger charge is -2.32. The summed E-state index contributed by atoms with van der Waals surface area (Å²) in [6.45, 7) is 1.90. The number of nitrogens with one attached hydrogen (secondary N) is 3. The molecule has 0 spiro atoms. The van der Waals surface area contributed by atoms with Crippen LogP contribution in [-0.2, 0) is 18.1 Å². The molecule has 3 N–H and O–H groups in total. The number of hydrogen-bond donors (Lipinski definition) is 3. The number of piperazine rings is 1. The van der Waals surface area contributed by atoms with E-state index in [2.05, 4.69) is 25.5 Å². The molecule has 1 fully saturated rings. The van der Waals surface area contributed by atoms with E-state index in [4.69, 9.17) is 19.6 Å². The third-order valence-electron chi connectivity index (χ3n) is 5.77. The highest BCUT2D eigenvalue weighted by atomic mass is 19.1. The van der Waals surface area contributed by atoms with Gasteiger partial charge in [0.15, 0.2) is 17.3 Å². The molecule has 0 bridgehead atoms. The first-order chi connectivity index (χ1) is 17.9. The number of amides is 1. The van der Waals surface area contributed by atoms with E-state index in [1.54, 1.807) is 4.90 Å². The van der Waals surface area contributed by atoms with Gasteiger partial charge in [-0.2, -0.15) is 0 Å². The van der Waals surface area contributed by atoms with E-state index in [0.717, 1.165) is 19.3 Å². The van der Waals surface area contributed by atoms with Crippen LogP contribution in [-0.4, -0.2) is 85.9 Å². The average Bonchev–Trinajstić information content (AvgIpc) is 2.92. The van der Waals surface area contributed by atoms with Crippen molar-refractivity contribution in [2.75, 3.05) is 59.3 Å². The summed E-state index contributed by atoms with van der Waals surface area (Å²) in [5.41, 5.74) is 0.324. The highest BCUT2D eigenvalue weighted by molar-refractivity contribution is 5.81. The Morgan fingerprint density at radius 1 is 1.14 bits per heavy atom. The molecule has 1 aromatic heterocycles. The van der Waals surface area contributed by atoms with Gasteiger partial charge in [-0.3, -0.25) is 4.79 Å². The minimum Gasteiger partial charge on any atom is -0.496 e. The summed E-state index contributed by atoms with van der Waals surface area (Å²) in [7, 11) is 4.68. The minimum absolute atomic E-state index is 0.0209. The number of hydrogen-bond acceptors (Lipinski definition) is 10. The van der Waals surface area contributed by atoms with Crippen molar-refractivity contribution in [1.29, 1.82) is 5.41 Å². The number of alkyl halides is 1. The van der Waals surface area contributed by atoms with Crippen LogP contribution < -0.4 is 24.8 Å². The Labute approximate surface area is 213 Å². The number of carbonyl (C=O) groups is 1. The second-order valence-electron chi connectivity index (χ2n) is 8.15. The Balaban J connectivity index is 1.57. The highest BCUT2D eigenvalue weighted by Gasteiger charge is 2.21. The number of aromatic nitrogens is 2. The molecule has 13 heteroatoms. The largest absolute Gasteiger partial charge is 0.496 e. The molecule has 2 heterocycles. The zero-order valence-corrected chi connectivity index (χ0v) is 21.0. The van der Waals surface area contributed by atoms with Gasteiger partial charge in [-0.05, 0) is 7.05 Å². The monoisotopic (exact) mass is 519 g/mol. The Hall–Kier alpha value is -4.00. The van der Waals surface area contributed by atoms with Crippen LogP contribution in [0.4, 0.5) is 14.7 Å². The summed E-state index contributed by atoms with van der Waals surface area (Å²) in [6.07, 6.45) is 5.25. The van der Waals surface area contributed by atoms with E-state index in [-0.39, 0.29) is 53.4 Å². The second-order valence-corrected chi connectivity index (χ2v) is 8.15. The molecule has 200 valence electrons. The van der Waals surface area contributed by atoms with E-state index < -0.39 is 12.5 Å². The maximum absolute atomic E-state index is 14.7. The van der Waals surface area contributed by atoms with E-state index in [1.165, 1.54) is 38.9 Å². The van der Waals surface area contributed by atoms with Crippen LogP contribution in [0.25, 0.3) is 0 Å². The summed E-state index contributed by atoms with van der Waals surface area (Å²) in [5.74, 6) is -0.309. The molecule has 0 atom stereocenters. The van der Waals surface area contributed by atoms with E-state index >= 15 is 0 Å². The first-order valence-electron chi connectivity index (χ1n) is 11.5. The van der Waals surface area contributed by atoms with Crippen LogP contribution >= 0.6 is 0 Å². The molecule has 1 aliphatic heterocycles. The van der Waals surface area contributed by atoms with Gasteiger partial charge in [0.1, 0.15) is 19.0 Å². The zero-order valence-electron chi connectivity index (χ0n) is 21.0. The van der Waals surface area contributed by atoms with Crippen molar-refractivity contribution in [1.82, 2.24) is 25.1 Å². The first-order valence-corrected chi connectivity index (χ1v) is 11.5. The molecule has 37 heavy (non-hydrogen) atoms. The fourth-order valence-corrected chi connectivity index (χ4v) is 3.60. The van der Waals surface area contributed by atoms with E-state index in [9.17, 15) is 13.6 Å². The van der Waals surface area contributed by atoms with E-state index in [0.29, 0.717) is 18.8 Å². The van der Waals surface area contributed by atoms with Gasteiger partial charge in [-0.1, -0.05) is 0 Å². The number of methoxy groups -OCH3 is 2. The lowest BCUT2D eigenvalue weighted by Crippen LogP contribution is -2.49. The molecule has 1 aromatic carbocycles. The molecule has 1 saturated heterocycles. The van der Waals surface area contributed by atoms with Crippen molar-refractivity contribution >= 4 is 18.1 Å². The predicted octanol–water partition coefficient (Wildman–Crippen LogP) is 1.95. The van der Waals surface area contributed by atoms with Crippen molar-refractivity contribution < 1.29 is 27.8 Å². The van der Waals surface area contributed by atoms with Crippen LogP contribution in [0.2, 0.25) is 0 Å². The Morgan fingerprint density at radius 2 is 1.81 bits per heavy atom. The molecular formula is C24H31F2N7O4. The third-order valence-corrected chi connectivity index (χ3v) is 5.77. The summed E-state index contributed by atoms with van der Waals surface area (Å²) < 4.78 is 44.0. The van der Waals surface area contributed by atoms with Gasteiger partial charge in [-0.15, -0.1) is 0 Å². The van der Waals surface area contributed by atoms with Crippen molar-refractivity contribution in [3.05, 3.63) is 47.3 Å². The van der Waals surface area contributed by atoms with Gasteiger partial charge >= 0.3 is 0 Å². The lowest BCUT2D eigenvalue weighted by atomic mass is 10.1. The number of carbonyl (C=O) groups excluding carboxylic acids is 1. The van der Waals surface area contributed by atoms with Crippen molar-refractivity contribution in [2.24, 2.45) is 0 Å². The Morgan fingerprint density at radius 3 is 2.41 bits per heavy atom. The van der Waals surface area contributed by atoms with E-state index in [1.807, 2.05) is 7.05 Å². The van der Waals surface area contributed by atoms with Crippen LogP contribution in [0.15, 0.2) is 30.4 Å². The molecular weight excluding hydrogens is 488 g/mol. The summed E-state index contributed by atoms with van der Waals surface area (Å²) in [5, 5.41) is 13.3. The zero-order chi connectivity index (χ0) is 26.8. The summed E-state index contributed by atoms with van der Waals surface area (Å²) in [6, 6.07) is 1.28. The van der Waals surface area contributed by atoms with Crippen LogP contribution in [0.5, 0.6) is 17.2 Å². The molecule has 1 aliphatic rings. The second kappa shape index (κ2) is 13.3. The molecule has 0 saturated carbocycles. The van der Waals surface area contributed by atoms with Gasteiger partial charge in [0, 0.05) is 55.8 Å². The van der Waals surface area contributed by atoms with Crippen LogP contribution in [0.3, 0.4) is 0 Å². The maximum Gasteiger partial charge on any atom is 0.241 e. The van der Waals surface area contributed by atoms with Crippen molar-refractivity contribution in [3.63, 3.8) is 0 Å². The topological polar surface area (TPSA) is 125 Å². The van der Waals surface area contributed by atoms with Crippen molar-refractivity contribution in [2.45, 2.75) is 13.3 Å². The molecule has 0 radical (unpaired) electrons. The van der Waals surface area contributed by atoms with Crippen molar-refractivity contribution in [3.8, 4) is 17.2 Å². The molecule has 0 unspecified atom stereocenters. The molecule has 0 aliphatic carbocycles. The quantitative estimate of drug-likeness (QED) is 0.361. The first kappa shape index (κ1) is 27.6. The maximum atomic E-state index is 14.7. The fraction of sp³-hybridized carbons (Fsp3) is 0.417. The number of likely N-dealkylation sites (N-methyl/N-ethyl adjacent to an activating group) is 1. The number of nitrogens with zero attached hydrogens (tertiary/aromatic N) is 4. The molecule has 2 aromatic rings. The van der Waals surface area contributed by atoms with Gasteiger partial charge < -0.3 is 40.1 Å². The summed E-state index contributed by atoms with van der Waals surface area (Å²) >= 11 is 0. The standard InChI is InChI=1S/C24H31F2N7O4/c1-32-4-6-33(7-5-32)22(34)14-28-11-16(10-27)31-24-29-12-17(13-30-24)37-15-19-18(9-25)20(35-2)8-21(36-3)23(19)26/h8,10-13,27-28H,4-7,9,14-15H2,1-3H3,(H,29,30,31)/b16-11+,27-10?. The predicted molar refractivity (Wildman–Crippen MR) is 133 cm³/mol. The van der Waals surface area contributed by atoms with Gasteiger partial charge in [0.25, 0.3) is 0 Å². The minimum atomic E-state index is -0.949. The number of benzene rings is 1. The molecule has 11 nitrogen and oxygen atoms in total. The van der Waals surface area contributed by atoms with Gasteiger partial charge in [0.05, 0.1) is 38.9 Å². The third kappa shape index (κ3) is 7.26. The van der Waals surface area contributed by atoms with Crippen LogP contribution in [0, 0.1) is 11.2 Å². The molecule has 1 amide bonds. The number of anilines is 1. The Kier molecular flexibility index (Phi) is 9.95. The number of rotatable bonds is 12. The number of ether oxygens (including phenoxy) is 3. The summed E-state index contributed by atoms with van der Waals surface area (Å²) in [4.78, 5) is 24.5. The lowest BCUT2D eigenvalue weighted by molar-refractivity contribution is -0.131. The smallest absolute Gasteiger partial charge is 0.241 e. The number of halogens is 2. The number of allylic oxidation sites excluding steroid dienone is 1. The fourth-order valence-electron chi connectivity index (χ4n) is 3.60.